The largest absolute Gasteiger partial charge is 0.354 e. The first-order chi connectivity index (χ1) is 14.8. The molecule has 0 radical (unpaired) electrons. The van der Waals surface area contributed by atoms with E-state index in [2.05, 4.69) is 25.3 Å². The van der Waals surface area contributed by atoms with Crippen LogP contribution in [0.4, 0.5) is 0 Å². The number of benzene rings is 1. The molecule has 0 unspecified atom stereocenters. The quantitative estimate of drug-likeness (QED) is 0.560. The van der Waals surface area contributed by atoms with Gasteiger partial charge in [0.1, 0.15) is 11.9 Å². The lowest BCUT2D eigenvalue weighted by atomic mass is 10.0. The monoisotopic (exact) mass is 443 g/mol. The Morgan fingerprint density at radius 1 is 1.10 bits per heavy atom. The van der Waals surface area contributed by atoms with E-state index in [1.54, 1.807) is 30.6 Å². The summed E-state index contributed by atoms with van der Waals surface area (Å²) in [5.74, 6) is -0.583. The Bertz CT molecular complexity index is 1080. The van der Waals surface area contributed by atoms with E-state index < -0.39 is 16.1 Å². The molecule has 164 valence electrons. The van der Waals surface area contributed by atoms with Crippen LogP contribution >= 0.6 is 0 Å². The third kappa shape index (κ3) is 5.66. The molecule has 1 aromatic heterocycles. The van der Waals surface area contributed by atoms with Gasteiger partial charge in [-0.1, -0.05) is 26.0 Å². The smallest absolute Gasteiger partial charge is 0.263 e. The zero-order valence-electron chi connectivity index (χ0n) is 17.3. The summed E-state index contributed by atoms with van der Waals surface area (Å²) in [4.78, 5) is 33.1. The molecular formula is C21H25N5O4S. The van der Waals surface area contributed by atoms with Crippen LogP contribution in [0.5, 0.6) is 0 Å². The minimum absolute atomic E-state index is 0.119. The van der Waals surface area contributed by atoms with E-state index in [-0.39, 0.29) is 41.4 Å². The van der Waals surface area contributed by atoms with Crippen LogP contribution in [0, 0.1) is 5.92 Å². The Balaban J connectivity index is 1.58. The molecule has 0 saturated heterocycles. The van der Waals surface area contributed by atoms with Crippen molar-refractivity contribution < 1.29 is 18.0 Å². The van der Waals surface area contributed by atoms with Crippen molar-refractivity contribution in [3.8, 4) is 0 Å². The maximum absolute atomic E-state index is 12.7. The van der Waals surface area contributed by atoms with Gasteiger partial charge in [-0.3, -0.25) is 24.3 Å². The van der Waals surface area contributed by atoms with Crippen LogP contribution in [0.25, 0.3) is 0 Å². The highest BCUT2D eigenvalue weighted by molar-refractivity contribution is 7.90. The van der Waals surface area contributed by atoms with E-state index in [1.807, 2.05) is 26.0 Å². The number of amidine groups is 1. The second kappa shape index (κ2) is 9.69. The molecule has 1 atom stereocenters. The van der Waals surface area contributed by atoms with Crippen molar-refractivity contribution in [2.24, 2.45) is 10.9 Å². The molecule has 2 amide bonds. The summed E-state index contributed by atoms with van der Waals surface area (Å²) < 4.78 is 26.9. The van der Waals surface area contributed by atoms with Gasteiger partial charge in [0, 0.05) is 37.5 Å². The molecule has 2 heterocycles. The third-order valence-corrected chi connectivity index (χ3v) is 6.12. The summed E-state index contributed by atoms with van der Waals surface area (Å²) in [5, 5.41) is 5.50. The number of rotatable bonds is 8. The lowest BCUT2D eigenvalue weighted by molar-refractivity contribution is -0.123. The molecule has 3 rings (SSSR count). The van der Waals surface area contributed by atoms with Crippen LogP contribution in [0.2, 0.25) is 0 Å². The van der Waals surface area contributed by atoms with Gasteiger partial charge in [-0.2, -0.15) is 0 Å². The predicted molar refractivity (Wildman–Crippen MR) is 116 cm³/mol. The van der Waals surface area contributed by atoms with E-state index in [4.69, 9.17) is 0 Å². The van der Waals surface area contributed by atoms with E-state index in [1.165, 1.54) is 6.07 Å². The number of aromatic nitrogens is 1. The Morgan fingerprint density at radius 2 is 1.81 bits per heavy atom. The number of aliphatic imine (C=N–C) groups is 1. The lowest BCUT2D eigenvalue weighted by Gasteiger charge is -2.17. The first-order valence-electron chi connectivity index (χ1n) is 9.91. The summed E-state index contributed by atoms with van der Waals surface area (Å²) >= 11 is 0. The SMILES string of the molecule is CC(C)[C@H](N=C1NS(=O)(=O)c2ccccc21)C(=O)NCCC(=O)NCc1ccncc1. The number of nitrogens with one attached hydrogen (secondary N) is 3. The molecule has 9 nitrogen and oxygen atoms in total. The van der Waals surface area contributed by atoms with E-state index >= 15 is 0 Å². The van der Waals surface area contributed by atoms with Crippen LogP contribution in [0.15, 0.2) is 58.7 Å². The predicted octanol–water partition coefficient (Wildman–Crippen LogP) is 0.967. The van der Waals surface area contributed by atoms with Crippen molar-refractivity contribution in [3.63, 3.8) is 0 Å². The minimum Gasteiger partial charge on any atom is -0.354 e. The lowest BCUT2D eigenvalue weighted by Crippen LogP contribution is -2.40. The molecule has 0 aliphatic carbocycles. The maximum atomic E-state index is 12.7. The molecule has 1 aliphatic heterocycles. The average molecular weight is 444 g/mol. The normalized spacial score (nSPS) is 16.4. The highest BCUT2D eigenvalue weighted by Crippen LogP contribution is 2.23. The Morgan fingerprint density at radius 3 is 2.52 bits per heavy atom. The van der Waals surface area contributed by atoms with Gasteiger partial charge < -0.3 is 10.6 Å². The van der Waals surface area contributed by atoms with Gasteiger partial charge in [-0.25, -0.2) is 8.42 Å². The summed E-state index contributed by atoms with van der Waals surface area (Å²) in [6, 6.07) is 9.31. The molecule has 0 spiro atoms. The first-order valence-corrected chi connectivity index (χ1v) is 11.4. The molecular weight excluding hydrogens is 418 g/mol. The number of carbonyl (C=O) groups excluding carboxylic acids is 2. The van der Waals surface area contributed by atoms with Gasteiger partial charge >= 0.3 is 0 Å². The van der Waals surface area contributed by atoms with Crippen molar-refractivity contribution in [3.05, 3.63) is 59.9 Å². The van der Waals surface area contributed by atoms with Gasteiger partial charge in [0.2, 0.25) is 11.8 Å². The van der Waals surface area contributed by atoms with Crippen LogP contribution < -0.4 is 15.4 Å². The number of hydrogen-bond donors (Lipinski definition) is 3. The summed E-state index contributed by atoms with van der Waals surface area (Å²) in [7, 11) is -3.68. The second-order valence-electron chi connectivity index (χ2n) is 7.44. The molecule has 3 N–H and O–H groups in total. The van der Waals surface area contributed by atoms with Crippen LogP contribution in [0.1, 0.15) is 31.4 Å². The summed E-state index contributed by atoms with van der Waals surface area (Å²) in [6.45, 7) is 4.19. The maximum Gasteiger partial charge on any atom is 0.263 e. The zero-order valence-corrected chi connectivity index (χ0v) is 18.1. The number of fused-ring (bicyclic) bond motifs is 1. The Kier molecular flexibility index (Phi) is 7.01. The zero-order chi connectivity index (χ0) is 22.4. The van der Waals surface area contributed by atoms with E-state index in [9.17, 15) is 18.0 Å². The molecule has 1 aliphatic rings. The van der Waals surface area contributed by atoms with Crippen molar-refractivity contribution in [2.75, 3.05) is 6.54 Å². The van der Waals surface area contributed by atoms with Crippen molar-refractivity contribution >= 4 is 27.7 Å². The van der Waals surface area contributed by atoms with Gasteiger partial charge in [-0.15, -0.1) is 0 Å². The van der Waals surface area contributed by atoms with E-state index in [0.29, 0.717) is 12.1 Å². The highest BCUT2D eigenvalue weighted by Gasteiger charge is 2.32. The second-order valence-corrected chi connectivity index (χ2v) is 9.09. The molecule has 0 bridgehead atoms. The van der Waals surface area contributed by atoms with Gasteiger partial charge in [0.05, 0.1) is 4.90 Å². The summed E-state index contributed by atoms with van der Waals surface area (Å²) in [5.41, 5.74) is 1.37. The molecule has 10 heteroatoms. The molecule has 0 saturated carbocycles. The molecule has 1 aromatic carbocycles. The number of hydrogen-bond acceptors (Lipinski definition) is 6. The molecule has 2 aromatic rings. The van der Waals surface area contributed by atoms with Crippen LogP contribution in [-0.4, -0.2) is 43.6 Å². The van der Waals surface area contributed by atoms with Gasteiger partial charge in [-0.05, 0) is 35.7 Å². The topological polar surface area (TPSA) is 130 Å². The number of pyridine rings is 1. The van der Waals surface area contributed by atoms with Crippen molar-refractivity contribution in [2.45, 2.75) is 37.8 Å². The highest BCUT2D eigenvalue weighted by atomic mass is 32.2. The van der Waals surface area contributed by atoms with Crippen molar-refractivity contribution in [1.82, 2.24) is 20.3 Å². The minimum atomic E-state index is -3.68. The Labute approximate surface area is 181 Å². The number of sulfonamides is 1. The third-order valence-electron chi connectivity index (χ3n) is 4.72. The van der Waals surface area contributed by atoms with E-state index in [0.717, 1.165) is 5.56 Å². The average Bonchev–Trinajstić information content (AvgIpc) is 3.01. The van der Waals surface area contributed by atoms with Crippen molar-refractivity contribution in [1.29, 1.82) is 0 Å². The fourth-order valence-electron chi connectivity index (χ4n) is 3.07. The fraction of sp³-hybridized carbons (Fsp3) is 0.333. The number of carbonyl (C=O) groups is 2. The first kappa shape index (κ1) is 22.4. The molecule has 0 fully saturated rings. The van der Waals surface area contributed by atoms with Gasteiger partial charge in [0.15, 0.2) is 0 Å². The Hall–Kier alpha value is -3.27. The van der Waals surface area contributed by atoms with Crippen LogP contribution in [0.3, 0.4) is 0 Å². The standard InChI is InChI=1S/C21H25N5O4S/c1-14(2)19(25-20-16-5-3-4-6-17(16)31(29,30)26-20)21(28)23-12-9-18(27)24-13-15-7-10-22-11-8-15/h3-8,10-11,14,19H,9,12-13H2,1-2H3,(H,23,28)(H,24,27)(H,25,26)/t19-/m0/s1. The molecule has 31 heavy (non-hydrogen) atoms. The van der Waals surface area contributed by atoms with Gasteiger partial charge in [0.25, 0.3) is 10.0 Å². The number of nitrogens with zero attached hydrogens (tertiary/aromatic N) is 2. The summed E-state index contributed by atoms with van der Waals surface area (Å²) in [6.07, 6.45) is 3.42. The fourth-order valence-corrected chi connectivity index (χ4v) is 4.31. The number of amides is 2. The van der Waals surface area contributed by atoms with Crippen LogP contribution in [-0.2, 0) is 26.2 Å².